The highest BCUT2D eigenvalue weighted by Gasteiger charge is 2.04. The van der Waals surface area contributed by atoms with E-state index in [0.29, 0.717) is 0 Å². The summed E-state index contributed by atoms with van der Waals surface area (Å²) in [6, 6.07) is 7.96. The number of nitrogens with zero attached hydrogens (tertiary/aromatic N) is 1. The van der Waals surface area contributed by atoms with Crippen molar-refractivity contribution in [2.75, 3.05) is 0 Å². The zero-order valence-corrected chi connectivity index (χ0v) is 17.0. The number of hydrogen-bond acceptors (Lipinski definition) is 3. The van der Waals surface area contributed by atoms with Crippen molar-refractivity contribution in [1.82, 2.24) is 4.98 Å². The van der Waals surface area contributed by atoms with Gasteiger partial charge in [-0.2, -0.15) is 0 Å². The fourth-order valence-electron chi connectivity index (χ4n) is 3.39. The maximum Gasteiger partial charge on any atom is 0.195 e. The summed E-state index contributed by atoms with van der Waals surface area (Å²) in [7, 11) is 0. The molecule has 0 bridgehead atoms. The number of benzene rings is 1. The quantitative estimate of drug-likeness (QED) is 0.271. The SMILES string of the molecule is CCCCCC[C@@H](O)C/C=C\CCCCCCCc1nc2ccccc2o1. The van der Waals surface area contributed by atoms with Gasteiger partial charge in [0.15, 0.2) is 11.5 Å². The highest BCUT2D eigenvalue weighted by molar-refractivity contribution is 5.72. The molecule has 0 aliphatic heterocycles. The van der Waals surface area contributed by atoms with E-state index in [0.717, 1.165) is 55.5 Å². The molecule has 0 aliphatic rings. The molecule has 0 fully saturated rings. The molecule has 1 aromatic heterocycles. The molecule has 1 N–H and O–H groups in total. The number of rotatable bonds is 15. The molecule has 1 atom stereocenters. The average molecular weight is 372 g/mol. The Labute approximate surface area is 164 Å². The normalized spacial score (nSPS) is 13.0. The lowest BCUT2D eigenvalue weighted by atomic mass is 10.1. The third-order valence-electron chi connectivity index (χ3n) is 5.07. The van der Waals surface area contributed by atoms with Crippen LogP contribution in [0.15, 0.2) is 40.8 Å². The molecule has 0 radical (unpaired) electrons. The van der Waals surface area contributed by atoms with Gasteiger partial charge >= 0.3 is 0 Å². The predicted octanol–water partition coefficient (Wildman–Crippen LogP) is 6.99. The summed E-state index contributed by atoms with van der Waals surface area (Å²) in [5, 5.41) is 9.92. The van der Waals surface area contributed by atoms with Gasteiger partial charge in [0.05, 0.1) is 6.10 Å². The smallest absolute Gasteiger partial charge is 0.195 e. The Morgan fingerprint density at radius 2 is 1.74 bits per heavy atom. The zero-order valence-electron chi connectivity index (χ0n) is 17.0. The molecule has 1 aromatic carbocycles. The van der Waals surface area contributed by atoms with Crippen LogP contribution in [-0.2, 0) is 6.42 Å². The zero-order chi connectivity index (χ0) is 19.2. The minimum Gasteiger partial charge on any atom is -0.441 e. The third-order valence-corrected chi connectivity index (χ3v) is 5.07. The number of unbranched alkanes of at least 4 members (excludes halogenated alkanes) is 8. The van der Waals surface area contributed by atoms with Crippen molar-refractivity contribution in [2.24, 2.45) is 0 Å². The first-order chi connectivity index (χ1) is 13.3. The molecule has 3 nitrogen and oxygen atoms in total. The van der Waals surface area contributed by atoms with Crippen molar-refractivity contribution < 1.29 is 9.52 Å². The molecule has 2 rings (SSSR count). The molecule has 3 heteroatoms. The summed E-state index contributed by atoms with van der Waals surface area (Å²) in [4.78, 5) is 4.53. The van der Waals surface area contributed by atoms with Gasteiger partial charge in [0.1, 0.15) is 5.52 Å². The van der Waals surface area contributed by atoms with Gasteiger partial charge in [-0.1, -0.05) is 76.2 Å². The monoisotopic (exact) mass is 371 g/mol. The van der Waals surface area contributed by atoms with E-state index in [1.165, 1.54) is 44.9 Å². The van der Waals surface area contributed by atoms with E-state index in [2.05, 4.69) is 24.1 Å². The molecule has 0 saturated carbocycles. The molecule has 0 aliphatic carbocycles. The Bertz CT molecular complexity index is 614. The predicted molar refractivity (Wildman–Crippen MR) is 114 cm³/mol. The van der Waals surface area contributed by atoms with Crippen LogP contribution in [0.25, 0.3) is 11.1 Å². The first-order valence-electron chi connectivity index (χ1n) is 11.0. The maximum atomic E-state index is 9.92. The number of fused-ring (bicyclic) bond motifs is 1. The maximum absolute atomic E-state index is 9.92. The summed E-state index contributed by atoms with van der Waals surface area (Å²) in [5.74, 6) is 0.868. The minimum absolute atomic E-state index is 0.148. The van der Waals surface area contributed by atoms with Crippen LogP contribution in [0, 0.1) is 0 Å². The first-order valence-corrected chi connectivity index (χ1v) is 11.0. The molecule has 27 heavy (non-hydrogen) atoms. The van der Waals surface area contributed by atoms with Crippen LogP contribution >= 0.6 is 0 Å². The van der Waals surface area contributed by atoms with Crippen LogP contribution in [0.1, 0.15) is 89.9 Å². The number of aryl methyl sites for hydroxylation is 1. The van der Waals surface area contributed by atoms with Crippen molar-refractivity contribution in [3.05, 3.63) is 42.3 Å². The van der Waals surface area contributed by atoms with Gasteiger partial charge in [0.2, 0.25) is 0 Å². The number of allylic oxidation sites excluding steroid dienone is 1. The van der Waals surface area contributed by atoms with Gasteiger partial charge in [-0.3, -0.25) is 0 Å². The molecule has 0 saturated heterocycles. The highest BCUT2D eigenvalue weighted by Crippen LogP contribution is 2.17. The number of aliphatic hydroxyl groups is 1. The van der Waals surface area contributed by atoms with Gasteiger partial charge in [-0.25, -0.2) is 4.98 Å². The summed E-state index contributed by atoms with van der Waals surface area (Å²) in [6.07, 6.45) is 19.2. The molecule has 2 aromatic rings. The van der Waals surface area contributed by atoms with E-state index in [1.807, 2.05) is 24.3 Å². The van der Waals surface area contributed by atoms with E-state index in [9.17, 15) is 5.11 Å². The van der Waals surface area contributed by atoms with Crippen LogP contribution in [0.2, 0.25) is 0 Å². The van der Waals surface area contributed by atoms with E-state index in [-0.39, 0.29) is 6.10 Å². The van der Waals surface area contributed by atoms with Crippen LogP contribution in [-0.4, -0.2) is 16.2 Å². The second-order valence-electron chi connectivity index (χ2n) is 7.59. The number of hydrogen-bond donors (Lipinski definition) is 1. The van der Waals surface area contributed by atoms with Gasteiger partial charge in [0.25, 0.3) is 0 Å². The second-order valence-corrected chi connectivity index (χ2v) is 7.59. The Morgan fingerprint density at radius 3 is 2.59 bits per heavy atom. The molecule has 1 heterocycles. The second kappa shape index (κ2) is 13.5. The third kappa shape index (κ3) is 9.23. The van der Waals surface area contributed by atoms with Crippen molar-refractivity contribution in [3.8, 4) is 0 Å². The Hall–Kier alpha value is -1.61. The molecule has 0 amide bonds. The summed E-state index contributed by atoms with van der Waals surface area (Å²) < 4.78 is 5.76. The topological polar surface area (TPSA) is 46.3 Å². The van der Waals surface area contributed by atoms with Crippen LogP contribution in [0.3, 0.4) is 0 Å². The van der Waals surface area contributed by atoms with Crippen LogP contribution < -0.4 is 0 Å². The number of aliphatic hydroxyl groups excluding tert-OH is 1. The lowest BCUT2D eigenvalue weighted by molar-refractivity contribution is 0.163. The van der Waals surface area contributed by atoms with Crippen molar-refractivity contribution in [1.29, 1.82) is 0 Å². The number of para-hydroxylation sites is 2. The molecular weight excluding hydrogens is 334 g/mol. The average Bonchev–Trinajstić information content (AvgIpc) is 3.09. The van der Waals surface area contributed by atoms with E-state index >= 15 is 0 Å². The lowest BCUT2D eigenvalue weighted by Crippen LogP contribution is -2.04. The summed E-state index contributed by atoms with van der Waals surface area (Å²) in [5.41, 5.74) is 1.86. The van der Waals surface area contributed by atoms with E-state index in [1.54, 1.807) is 0 Å². The standard InChI is InChI=1S/C24H37NO2/c1-2-3-4-11-16-21(26)17-12-9-7-5-6-8-10-13-20-24-25-22-18-14-15-19-23(22)27-24/h9,12,14-15,18-19,21,26H,2-8,10-11,13,16-17,20H2,1H3/b12-9-/t21-/m1/s1. The molecular formula is C24H37NO2. The van der Waals surface area contributed by atoms with Gasteiger partial charge in [-0.05, 0) is 44.2 Å². The van der Waals surface area contributed by atoms with E-state index < -0.39 is 0 Å². The fourth-order valence-corrected chi connectivity index (χ4v) is 3.39. The largest absolute Gasteiger partial charge is 0.441 e. The number of oxazole rings is 1. The van der Waals surface area contributed by atoms with Crippen molar-refractivity contribution in [3.63, 3.8) is 0 Å². The Kier molecular flexibility index (Phi) is 10.9. The van der Waals surface area contributed by atoms with Gasteiger partial charge < -0.3 is 9.52 Å². The van der Waals surface area contributed by atoms with Crippen LogP contribution in [0.4, 0.5) is 0 Å². The molecule has 150 valence electrons. The van der Waals surface area contributed by atoms with Crippen LogP contribution in [0.5, 0.6) is 0 Å². The Balaban J connectivity index is 1.42. The Morgan fingerprint density at radius 1 is 0.963 bits per heavy atom. The fraction of sp³-hybridized carbons (Fsp3) is 0.625. The first kappa shape index (κ1) is 21.7. The lowest BCUT2D eigenvalue weighted by Gasteiger charge is -2.07. The highest BCUT2D eigenvalue weighted by atomic mass is 16.3. The van der Waals surface area contributed by atoms with Crippen molar-refractivity contribution >= 4 is 11.1 Å². The van der Waals surface area contributed by atoms with E-state index in [4.69, 9.17) is 4.42 Å². The number of aromatic nitrogens is 1. The van der Waals surface area contributed by atoms with Gasteiger partial charge in [0, 0.05) is 6.42 Å². The van der Waals surface area contributed by atoms with Crippen molar-refractivity contribution in [2.45, 2.75) is 96.5 Å². The molecule has 0 spiro atoms. The summed E-state index contributed by atoms with van der Waals surface area (Å²) in [6.45, 7) is 2.22. The summed E-state index contributed by atoms with van der Waals surface area (Å²) >= 11 is 0. The minimum atomic E-state index is -0.148. The van der Waals surface area contributed by atoms with Gasteiger partial charge in [-0.15, -0.1) is 0 Å². The molecule has 0 unspecified atom stereocenters.